The Morgan fingerprint density at radius 2 is 2.22 bits per heavy atom. The minimum Gasteiger partial charge on any atom is -0.327 e. The van der Waals surface area contributed by atoms with Crippen molar-refractivity contribution in [3.8, 4) is 0 Å². The molecule has 0 aliphatic heterocycles. The summed E-state index contributed by atoms with van der Waals surface area (Å²) in [6.07, 6.45) is 3.71. The van der Waals surface area contributed by atoms with E-state index in [9.17, 15) is 4.79 Å². The zero-order valence-corrected chi connectivity index (χ0v) is 11.3. The van der Waals surface area contributed by atoms with Gasteiger partial charge in [0.1, 0.15) is 0 Å². The lowest BCUT2D eigenvalue weighted by molar-refractivity contribution is 0.705. The Kier molecular flexibility index (Phi) is 3.58. The molecule has 0 amide bonds. The Morgan fingerprint density at radius 1 is 1.50 bits per heavy atom. The van der Waals surface area contributed by atoms with E-state index in [1.165, 1.54) is 16.3 Å². The first-order valence-electron chi connectivity index (χ1n) is 5.51. The molecule has 18 heavy (non-hydrogen) atoms. The van der Waals surface area contributed by atoms with Gasteiger partial charge in [0.2, 0.25) is 0 Å². The van der Waals surface area contributed by atoms with Crippen LogP contribution in [0.2, 0.25) is 0 Å². The quantitative estimate of drug-likeness (QED) is 0.762. The molecule has 0 aliphatic carbocycles. The SMILES string of the molecule is CC(N)C(Sc1n[nH]c(=O)n1C)c1cnn(C)c1. The Hall–Kier alpha value is -1.54. The summed E-state index contributed by atoms with van der Waals surface area (Å²) in [5.74, 6) is 0. The number of aromatic amines is 1. The molecule has 8 heteroatoms. The number of aryl methyl sites for hydroxylation is 1. The van der Waals surface area contributed by atoms with E-state index in [1.54, 1.807) is 17.9 Å². The zero-order chi connectivity index (χ0) is 13.3. The van der Waals surface area contributed by atoms with Gasteiger partial charge in [0.25, 0.3) is 0 Å². The number of rotatable bonds is 4. The van der Waals surface area contributed by atoms with Gasteiger partial charge in [-0.05, 0) is 6.92 Å². The Morgan fingerprint density at radius 3 is 2.67 bits per heavy atom. The van der Waals surface area contributed by atoms with Gasteiger partial charge in [0.15, 0.2) is 5.16 Å². The standard InChI is InChI=1S/C10H16N6OS/c1-6(11)8(7-4-12-15(2)5-7)18-10-14-13-9(17)16(10)3/h4-6,8H,11H2,1-3H3,(H,13,17). The zero-order valence-electron chi connectivity index (χ0n) is 10.5. The number of hydrogen-bond donors (Lipinski definition) is 2. The van der Waals surface area contributed by atoms with Gasteiger partial charge in [-0.3, -0.25) is 9.25 Å². The fourth-order valence-electron chi connectivity index (χ4n) is 1.62. The molecule has 2 heterocycles. The van der Waals surface area contributed by atoms with Crippen LogP contribution in [0.3, 0.4) is 0 Å². The van der Waals surface area contributed by atoms with Crippen LogP contribution in [0.1, 0.15) is 17.7 Å². The maximum atomic E-state index is 11.3. The van der Waals surface area contributed by atoms with E-state index in [-0.39, 0.29) is 17.0 Å². The summed E-state index contributed by atoms with van der Waals surface area (Å²) in [6.45, 7) is 1.93. The van der Waals surface area contributed by atoms with E-state index < -0.39 is 0 Å². The van der Waals surface area contributed by atoms with E-state index in [0.29, 0.717) is 5.16 Å². The number of hydrogen-bond acceptors (Lipinski definition) is 5. The summed E-state index contributed by atoms with van der Waals surface area (Å²) < 4.78 is 3.20. The highest BCUT2D eigenvalue weighted by Gasteiger charge is 2.22. The van der Waals surface area contributed by atoms with Crippen molar-refractivity contribution >= 4 is 11.8 Å². The van der Waals surface area contributed by atoms with Crippen LogP contribution < -0.4 is 11.4 Å². The van der Waals surface area contributed by atoms with Crippen molar-refractivity contribution in [2.75, 3.05) is 0 Å². The highest BCUT2D eigenvalue weighted by atomic mass is 32.2. The largest absolute Gasteiger partial charge is 0.343 e. The molecule has 0 spiro atoms. The molecule has 2 atom stereocenters. The van der Waals surface area contributed by atoms with Crippen LogP contribution >= 0.6 is 11.8 Å². The van der Waals surface area contributed by atoms with Gasteiger partial charge >= 0.3 is 5.69 Å². The molecular weight excluding hydrogens is 252 g/mol. The van der Waals surface area contributed by atoms with Crippen LogP contribution in [0.4, 0.5) is 0 Å². The fourth-order valence-corrected chi connectivity index (χ4v) is 2.66. The maximum Gasteiger partial charge on any atom is 0.343 e. The third-order valence-electron chi connectivity index (χ3n) is 2.60. The first-order valence-corrected chi connectivity index (χ1v) is 6.39. The molecule has 7 nitrogen and oxygen atoms in total. The van der Waals surface area contributed by atoms with Gasteiger partial charge in [0, 0.05) is 31.9 Å². The van der Waals surface area contributed by atoms with Crippen molar-refractivity contribution in [2.45, 2.75) is 23.4 Å². The Labute approximate surface area is 108 Å². The van der Waals surface area contributed by atoms with Crippen LogP contribution in [0.15, 0.2) is 22.3 Å². The third kappa shape index (κ3) is 2.49. The molecular formula is C10H16N6OS. The van der Waals surface area contributed by atoms with E-state index in [2.05, 4.69) is 15.3 Å². The molecule has 2 aromatic heterocycles. The highest BCUT2D eigenvalue weighted by Crippen LogP contribution is 2.35. The van der Waals surface area contributed by atoms with Crippen LogP contribution in [0, 0.1) is 0 Å². The van der Waals surface area contributed by atoms with Crippen LogP contribution in [0.25, 0.3) is 0 Å². The second-order valence-electron chi connectivity index (χ2n) is 4.22. The normalized spacial score (nSPS) is 14.7. The van der Waals surface area contributed by atoms with Crippen molar-refractivity contribution in [1.29, 1.82) is 0 Å². The molecule has 2 rings (SSSR count). The lowest BCUT2D eigenvalue weighted by atomic mass is 10.1. The van der Waals surface area contributed by atoms with Crippen molar-refractivity contribution in [3.63, 3.8) is 0 Å². The molecule has 0 fully saturated rings. The average Bonchev–Trinajstić information content (AvgIpc) is 2.85. The first kappa shape index (κ1) is 12.9. The van der Waals surface area contributed by atoms with Crippen molar-refractivity contribution in [1.82, 2.24) is 24.5 Å². The van der Waals surface area contributed by atoms with Gasteiger partial charge in [-0.15, -0.1) is 5.10 Å². The molecule has 3 N–H and O–H groups in total. The summed E-state index contributed by atoms with van der Waals surface area (Å²) in [6, 6.07) is -0.0778. The first-order chi connectivity index (χ1) is 8.49. The Bertz CT molecular complexity index is 583. The topological polar surface area (TPSA) is 94.5 Å². The number of nitrogens with one attached hydrogen (secondary N) is 1. The Balaban J connectivity index is 2.27. The van der Waals surface area contributed by atoms with E-state index in [4.69, 9.17) is 5.73 Å². The molecule has 0 radical (unpaired) electrons. The fraction of sp³-hybridized carbons (Fsp3) is 0.500. The summed E-state index contributed by atoms with van der Waals surface area (Å²) in [5, 5.41) is 11.2. The molecule has 0 saturated heterocycles. The molecule has 0 saturated carbocycles. The minimum absolute atomic E-state index is 0.00704. The number of nitrogens with zero attached hydrogens (tertiary/aromatic N) is 4. The smallest absolute Gasteiger partial charge is 0.327 e. The van der Waals surface area contributed by atoms with Crippen LogP contribution in [-0.2, 0) is 14.1 Å². The summed E-state index contributed by atoms with van der Waals surface area (Å²) >= 11 is 1.45. The van der Waals surface area contributed by atoms with Gasteiger partial charge in [-0.2, -0.15) is 5.10 Å². The van der Waals surface area contributed by atoms with Crippen LogP contribution in [0.5, 0.6) is 0 Å². The predicted molar refractivity (Wildman–Crippen MR) is 69.3 cm³/mol. The minimum atomic E-state index is -0.230. The van der Waals surface area contributed by atoms with Crippen molar-refractivity contribution in [2.24, 2.45) is 19.8 Å². The molecule has 0 aliphatic rings. The molecule has 98 valence electrons. The summed E-state index contributed by atoms with van der Waals surface area (Å²) in [7, 11) is 3.53. The molecule has 0 aromatic carbocycles. The van der Waals surface area contributed by atoms with Gasteiger partial charge in [0.05, 0.1) is 11.4 Å². The van der Waals surface area contributed by atoms with Crippen molar-refractivity contribution in [3.05, 3.63) is 28.4 Å². The number of H-pyrrole nitrogens is 1. The van der Waals surface area contributed by atoms with E-state index >= 15 is 0 Å². The van der Waals surface area contributed by atoms with E-state index in [0.717, 1.165) is 5.56 Å². The highest BCUT2D eigenvalue weighted by molar-refractivity contribution is 7.99. The lowest BCUT2D eigenvalue weighted by Crippen LogP contribution is -2.23. The number of thioether (sulfide) groups is 1. The predicted octanol–water partition coefficient (Wildman–Crippen LogP) is 0.0225. The van der Waals surface area contributed by atoms with Crippen molar-refractivity contribution < 1.29 is 0 Å². The number of nitrogens with two attached hydrogens (primary N) is 1. The summed E-state index contributed by atoms with van der Waals surface area (Å²) in [5.41, 5.74) is 6.79. The second kappa shape index (κ2) is 4.99. The summed E-state index contributed by atoms with van der Waals surface area (Å²) in [4.78, 5) is 11.3. The second-order valence-corrected chi connectivity index (χ2v) is 5.32. The molecule has 2 unspecified atom stereocenters. The van der Waals surface area contributed by atoms with Gasteiger partial charge in [-0.25, -0.2) is 9.89 Å². The lowest BCUT2D eigenvalue weighted by Gasteiger charge is -2.17. The molecule has 0 bridgehead atoms. The molecule has 2 aromatic rings. The van der Waals surface area contributed by atoms with Gasteiger partial charge < -0.3 is 5.73 Å². The maximum absolute atomic E-state index is 11.3. The van der Waals surface area contributed by atoms with E-state index in [1.807, 2.05) is 20.2 Å². The monoisotopic (exact) mass is 268 g/mol. The number of aromatic nitrogens is 5. The van der Waals surface area contributed by atoms with Gasteiger partial charge in [-0.1, -0.05) is 11.8 Å². The van der Waals surface area contributed by atoms with Crippen LogP contribution in [-0.4, -0.2) is 30.6 Å². The average molecular weight is 268 g/mol. The third-order valence-corrected chi connectivity index (χ3v) is 4.13.